The van der Waals surface area contributed by atoms with Crippen LogP contribution in [0.1, 0.15) is 39.3 Å². The first-order valence-corrected chi connectivity index (χ1v) is 7.33. The zero-order valence-electron chi connectivity index (χ0n) is 13.4. The number of carbonyl (C=O) groups excluding carboxylic acids is 1. The highest BCUT2D eigenvalue weighted by Crippen LogP contribution is 2.19. The van der Waals surface area contributed by atoms with Gasteiger partial charge < -0.3 is 10.6 Å². The lowest BCUT2D eigenvalue weighted by Gasteiger charge is -2.17. The van der Waals surface area contributed by atoms with Gasteiger partial charge >= 0.3 is 0 Å². The predicted octanol–water partition coefficient (Wildman–Crippen LogP) is 3.63. The number of benzene rings is 1. The number of amides is 1. The van der Waals surface area contributed by atoms with Crippen LogP contribution in [0, 0.1) is 5.41 Å². The van der Waals surface area contributed by atoms with Gasteiger partial charge in [-0.25, -0.2) is 0 Å². The Morgan fingerprint density at radius 1 is 1.00 bits per heavy atom. The summed E-state index contributed by atoms with van der Waals surface area (Å²) in [7, 11) is 0. The van der Waals surface area contributed by atoms with Crippen molar-refractivity contribution in [3.63, 3.8) is 0 Å². The van der Waals surface area contributed by atoms with Gasteiger partial charge in [0.25, 0.3) is 0 Å². The second kappa shape index (κ2) is 6.56. The fraction of sp³-hybridized carbons (Fsp3) is 0.353. The molecule has 1 aromatic carbocycles. The Bertz CT molecular complexity index is 617. The SMILES string of the molecule is CC(Nc1ccc(NC(=O)C(C)(C)C)nn1)c1ccccc1. The number of hydrogen-bond acceptors (Lipinski definition) is 4. The number of anilines is 2. The van der Waals surface area contributed by atoms with E-state index in [2.05, 4.69) is 39.9 Å². The van der Waals surface area contributed by atoms with Crippen LogP contribution in [-0.4, -0.2) is 16.1 Å². The fourth-order valence-electron chi connectivity index (χ4n) is 1.83. The van der Waals surface area contributed by atoms with E-state index in [4.69, 9.17) is 0 Å². The maximum atomic E-state index is 11.9. The van der Waals surface area contributed by atoms with Crippen molar-refractivity contribution in [2.24, 2.45) is 5.41 Å². The molecule has 0 spiro atoms. The molecule has 0 saturated heterocycles. The second-order valence-electron chi connectivity index (χ2n) is 6.28. The Morgan fingerprint density at radius 2 is 1.59 bits per heavy atom. The van der Waals surface area contributed by atoms with Gasteiger partial charge in [-0.1, -0.05) is 51.1 Å². The van der Waals surface area contributed by atoms with Crippen molar-refractivity contribution in [3.8, 4) is 0 Å². The smallest absolute Gasteiger partial charge is 0.230 e. The molecule has 2 N–H and O–H groups in total. The summed E-state index contributed by atoms with van der Waals surface area (Å²) in [5.41, 5.74) is 0.717. The number of carbonyl (C=O) groups is 1. The van der Waals surface area contributed by atoms with Crippen molar-refractivity contribution in [1.82, 2.24) is 10.2 Å². The van der Waals surface area contributed by atoms with Crippen LogP contribution in [0.4, 0.5) is 11.6 Å². The van der Waals surface area contributed by atoms with E-state index in [1.165, 1.54) is 5.56 Å². The summed E-state index contributed by atoms with van der Waals surface area (Å²) in [5, 5.41) is 14.2. The lowest BCUT2D eigenvalue weighted by atomic mass is 9.96. The molecule has 2 rings (SSSR count). The maximum absolute atomic E-state index is 11.9. The van der Waals surface area contributed by atoms with Crippen LogP contribution >= 0.6 is 0 Å². The van der Waals surface area contributed by atoms with Gasteiger partial charge in [-0.2, -0.15) is 0 Å². The van der Waals surface area contributed by atoms with Crippen molar-refractivity contribution in [2.75, 3.05) is 10.6 Å². The van der Waals surface area contributed by atoms with E-state index in [-0.39, 0.29) is 11.9 Å². The second-order valence-corrected chi connectivity index (χ2v) is 6.28. The molecule has 2 aromatic rings. The molecule has 0 fully saturated rings. The van der Waals surface area contributed by atoms with E-state index >= 15 is 0 Å². The number of nitrogens with one attached hydrogen (secondary N) is 2. The van der Waals surface area contributed by atoms with Gasteiger partial charge in [0.15, 0.2) is 5.82 Å². The molecule has 1 unspecified atom stereocenters. The van der Waals surface area contributed by atoms with Crippen molar-refractivity contribution in [2.45, 2.75) is 33.7 Å². The van der Waals surface area contributed by atoms with Crippen molar-refractivity contribution < 1.29 is 4.79 Å². The molecule has 5 heteroatoms. The number of rotatable bonds is 4. The third kappa shape index (κ3) is 4.28. The number of nitrogens with zero attached hydrogens (tertiary/aromatic N) is 2. The Hall–Kier alpha value is -2.43. The van der Waals surface area contributed by atoms with E-state index in [9.17, 15) is 4.79 Å². The average molecular weight is 298 g/mol. The molecule has 0 aliphatic carbocycles. The normalized spacial score (nSPS) is 12.5. The Morgan fingerprint density at radius 3 is 2.14 bits per heavy atom. The van der Waals surface area contributed by atoms with E-state index in [0.717, 1.165) is 0 Å². The molecule has 1 amide bonds. The Balaban J connectivity index is 1.99. The van der Waals surface area contributed by atoms with Gasteiger partial charge in [0.2, 0.25) is 5.91 Å². The minimum absolute atomic E-state index is 0.0832. The van der Waals surface area contributed by atoms with Gasteiger partial charge in [-0.15, -0.1) is 10.2 Å². The van der Waals surface area contributed by atoms with Crippen molar-refractivity contribution >= 4 is 17.5 Å². The highest BCUT2D eigenvalue weighted by molar-refractivity contribution is 5.93. The number of aromatic nitrogens is 2. The first kappa shape index (κ1) is 15.9. The van der Waals surface area contributed by atoms with Crippen molar-refractivity contribution in [3.05, 3.63) is 48.0 Å². The lowest BCUT2D eigenvalue weighted by Crippen LogP contribution is -2.28. The molecule has 1 atom stereocenters. The minimum atomic E-state index is -0.458. The predicted molar refractivity (Wildman–Crippen MR) is 88.6 cm³/mol. The van der Waals surface area contributed by atoms with Gasteiger partial charge in [-0.05, 0) is 24.6 Å². The maximum Gasteiger partial charge on any atom is 0.230 e. The zero-order chi connectivity index (χ0) is 16.2. The standard InChI is InChI=1S/C17H22N4O/c1-12(13-8-6-5-7-9-13)18-14-10-11-15(21-20-14)19-16(22)17(2,3)4/h5-12H,1-4H3,(H,18,20)(H,19,21,22). The molecular weight excluding hydrogens is 276 g/mol. The minimum Gasteiger partial charge on any atom is -0.362 e. The molecule has 22 heavy (non-hydrogen) atoms. The van der Waals surface area contributed by atoms with Gasteiger partial charge in [-0.3, -0.25) is 4.79 Å². The molecule has 0 bridgehead atoms. The third-order valence-electron chi connectivity index (χ3n) is 3.25. The summed E-state index contributed by atoms with van der Waals surface area (Å²) < 4.78 is 0. The molecule has 0 radical (unpaired) electrons. The lowest BCUT2D eigenvalue weighted by molar-refractivity contribution is -0.123. The van der Waals surface area contributed by atoms with Crippen LogP contribution in [-0.2, 0) is 4.79 Å². The summed E-state index contributed by atoms with van der Waals surface area (Å²) in [5.74, 6) is 1.04. The molecule has 1 heterocycles. The molecule has 0 aliphatic heterocycles. The van der Waals surface area contributed by atoms with Crippen LogP contribution in [0.15, 0.2) is 42.5 Å². The molecule has 0 saturated carbocycles. The van der Waals surface area contributed by atoms with E-state index in [1.807, 2.05) is 45.0 Å². The highest BCUT2D eigenvalue weighted by Gasteiger charge is 2.21. The van der Waals surface area contributed by atoms with Gasteiger partial charge in [0, 0.05) is 11.5 Å². The quantitative estimate of drug-likeness (QED) is 0.904. The van der Waals surface area contributed by atoms with Gasteiger partial charge in [0.05, 0.1) is 0 Å². The summed E-state index contributed by atoms with van der Waals surface area (Å²) in [4.78, 5) is 11.9. The zero-order valence-corrected chi connectivity index (χ0v) is 13.4. The first-order chi connectivity index (χ1) is 10.4. The van der Waals surface area contributed by atoms with Crippen molar-refractivity contribution in [1.29, 1.82) is 0 Å². The molecule has 0 aliphatic rings. The number of hydrogen-bond donors (Lipinski definition) is 2. The van der Waals surface area contributed by atoms with E-state index < -0.39 is 5.41 Å². The summed E-state index contributed by atoms with van der Waals surface area (Å²) in [6.07, 6.45) is 0. The summed E-state index contributed by atoms with van der Waals surface area (Å²) >= 11 is 0. The Labute approximate surface area is 131 Å². The van der Waals surface area contributed by atoms with Gasteiger partial charge in [0.1, 0.15) is 5.82 Å². The fourth-order valence-corrected chi connectivity index (χ4v) is 1.83. The van der Waals surface area contributed by atoms with Crippen LogP contribution in [0.25, 0.3) is 0 Å². The largest absolute Gasteiger partial charge is 0.362 e. The van der Waals surface area contributed by atoms with E-state index in [0.29, 0.717) is 11.6 Å². The molecule has 116 valence electrons. The summed E-state index contributed by atoms with van der Waals surface area (Å²) in [6.45, 7) is 7.62. The monoisotopic (exact) mass is 298 g/mol. The molecular formula is C17H22N4O. The molecule has 5 nitrogen and oxygen atoms in total. The molecule has 1 aromatic heterocycles. The average Bonchev–Trinajstić information content (AvgIpc) is 2.49. The third-order valence-corrected chi connectivity index (χ3v) is 3.25. The topological polar surface area (TPSA) is 66.9 Å². The van der Waals surface area contributed by atoms with E-state index in [1.54, 1.807) is 6.07 Å². The Kier molecular flexibility index (Phi) is 4.75. The van der Waals surface area contributed by atoms with Crippen LogP contribution in [0.2, 0.25) is 0 Å². The van der Waals surface area contributed by atoms with Crippen LogP contribution < -0.4 is 10.6 Å². The highest BCUT2D eigenvalue weighted by atomic mass is 16.2. The summed E-state index contributed by atoms with van der Waals surface area (Å²) in [6, 6.07) is 13.8. The van der Waals surface area contributed by atoms with Crippen LogP contribution in [0.5, 0.6) is 0 Å². The first-order valence-electron chi connectivity index (χ1n) is 7.33. The van der Waals surface area contributed by atoms with Crippen LogP contribution in [0.3, 0.4) is 0 Å².